The van der Waals surface area contributed by atoms with Gasteiger partial charge < -0.3 is 24.4 Å². The summed E-state index contributed by atoms with van der Waals surface area (Å²) in [5.74, 6) is 3.50. The maximum atomic E-state index is 5.18. The fraction of sp³-hybridized carbons (Fsp3) is 0.833. The lowest BCUT2D eigenvalue weighted by atomic mass is 10.1. The van der Waals surface area contributed by atoms with Gasteiger partial charge in [-0.2, -0.15) is 0 Å². The predicted molar refractivity (Wildman–Crippen MR) is 118 cm³/mol. The molecule has 0 saturated carbocycles. The number of ether oxygens (including phenoxy) is 1. The minimum absolute atomic E-state index is 0. The molecule has 1 unspecified atom stereocenters. The van der Waals surface area contributed by atoms with Crippen LogP contribution in [-0.2, 0) is 18.3 Å². The average Bonchev–Trinajstić information content (AvgIpc) is 3.37. The van der Waals surface area contributed by atoms with Crippen LogP contribution in [0.25, 0.3) is 0 Å². The largest absolute Gasteiger partial charge is 0.383 e. The fourth-order valence-corrected chi connectivity index (χ4v) is 3.77. The van der Waals surface area contributed by atoms with Gasteiger partial charge in [0.25, 0.3) is 0 Å². The Labute approximate surface area is 179 Å². The molecule has 1 aromatic heterocycles. The van der Waals surface area contributed by atoms with Gasteiger partial charge in [-0.25, -0.2) is 4.99 Å². The molecule has 0 amide bonds. The first-order valence-corrected chi connectivity index (χ1v) is 9.76. The predicted octanol–water partition coefficient (Wildman–Crippen LogP) is 1.25. The summed E-state index contributed by atoms with van der Waals surface area (Å²) in [6.45, 7) is 9.85. The molecule has 2 fully saturated rings. The van der Waals surface area contributed by atoms with Gasteiger partial charge in [0.1, 0.15) is 12.4 Å². The van der Waals surface area contributed by atoms with Crippen LogP contribution in [0, 0.1) is 12.8 Å². The van der Waals surface area contributed by atoms with Crippen molar-refractivity contribution in [2.24, 2.45) is 18.0 Å². The normalized spacial score (nSPS) is 20.9. The standard InChI is InChI=1S/C18H33N7O.HI/c1-15-21-22-17(23(15)2)12-20-18(19-7-11-26-3)25-10-6-16(14-25)13-24-8-4-5-9-24;/h16H,4-14H2,1-3H3,(H,19,20);1H. The molecule has 2 aliphatic heterocycles. The number of methoxy groups -OCH3 is 1. The Morgan fingerprint density at radius 1 is 1.26 bits per heavy atom. The van der Waals surface area contributed by atoms with Crippen molar-refractivity contribution in [2.75, 3.05) is 53.0 Å². The van der Waals surface area contributed by atoms with Gasteiger partial charge in [-0.3, -0.25) is 0 Å². The van der Waals surface area contributed by atoms with Crippen LogP contribution in [0.3, 0.4) is 0 Å². The van der Waals surface area contributed by atoms with Crippen LogP contribution < -0.4 is 5.32 Å². The van der Waals surface area contributed by atoms with Crippen molar-refractivity contribution in [3.8, 4) is 0 Å². The minimum Gasteiger partial charge on any atom is -0.383 e. The van der Waals surface area contributed by atoms with Crippen LogP contribution in [0.15, 0.2) is 4.99 Å². The zero-order valence-electron chi connectivity index (χ0n) is 16.9. The third kappa shape index (κ3) is 6.28. The van der Waals surface area contributed by atoms with Crippen molar-refractivity contribution in [2.45, 2.75) is 32.7 Å². The van der Waals surface area contributed by atoms with Crippen molar-refractivity contribution >= 4 is 29.9 Å². The van der Waals surface area contributed by atoms with Crippen LogP contribution in [0.5, 0.6) is 0 Å². The van der Waals surface area contributed by atoms with E-state index in [2.05, 4.69) is 25.3 Å². The molecule has 1 N–H and O–H groups in total. The molecular weight excluding hydrogens is 457 g/mol. The van der Waals surface area contributed by atoms with Gasteiger partial charge in [-0.15, -0.1) is 34.2 Å². The average molecular weight is 491 g/mol. The van der Waals surface area contributed by atoms with E-state index in [-0.39, 0.29) is 24.0 Å². The summed E-state index contributed by atoms with van der Waals surface area (Å²) in [4.78, 5) is 9.83. The number of guanidine groups is 1. The molecule has 0 aliphatic carbocycles. The molecule has 3 rings (SSSR count). The van der Waals surface area contributed by atoms with Crippen LogP contribution >= 0.6 is 24.0 Å². The Hall–Kier alpha value is -0.940. The highest BCUT2D eigenvalue weighted by molar-refractivity contribution is 14.0. The lowest BCUT2D eigenvalue weighted by Gasteiger charge is -2.23. The fourth-order valence-electron chi connectivity index (χ4n) is 3.77. The van der Waals surface area contributed by atoms with Gasteiger partial charge >= 0.3 is 0 Å². The third-order valence-corrected chi connectivity index (χ3v) is 5.44. The molecule has 0 radical (unpaired) electrons. The molecule has 27 heavy (non-hydrogen) atoms. The summed E-state index contributed by atoms with van der Waals surface area (Å²) in [6, 6.07) is 0. The number of hydrogen-bond acceptors (Lipinski definition) is 5. The Bertz CT molecular complexity index is 601. The summed E-state index contributed by atoms with van der Waals surface area (Å²) in [5.41, 5.74) is 0. The van der Waals surface area contributed by atoms with Crippen LogP contribution in [0.2, 0.25) is 0 Å². The maximum Gasteiger partial charge on any atom is 0.194 e. The summed E-state index contributed by atoms with van der Waals surface area (Å²) in [7, 11) is 3.71. The van der Waals surface area contributed by atoms with Crippen molar-refractivity contribution in [1.29, 1.82) is 0 Å². The zero-order valence-corrected chi connectivity index (χ0v) is 19.2. The third-order valence-electron chi connectivity index (χ3n) is 5.44. The van der Waals surface area contributed by atoms with Gasteiger partial charge in [0.05, 0.1) is 6.61 Å². The molecule has 1 atom stereocenters. The second-order valence-electron chi connectivity index (χ2n) is 7.39. The molecule has 8 nitrogen and oxygen atoms in total. The zero-order chi connectivity index (χ0) is 18.4. The summed E-state index contributed by atoms with van der Waals surface area (Å²) >= 11 is 0. The Morgan fingerprint density at radius 2 is 2.04 bits per heavy atom. The number of likely N-dealkylation sites (tertiary alicyclic amines) is 2. The van der Waals surface area contributed by atoms with E-state index < -0.39 is 0 Å². The van der Waals surface area contributed by atoms with E-state index in [1.807, 2.05) is 18.5 Å². The molecule has 0 aromatic carbocycles. The summed E-state index contributed by atoms with van der Waals surface area (Å²) in [5, 5.41) is 11.8. The van der Waals surface area contributed by atoms with Crippen molar-refractivity contribution in [3.63, 3.8) is 0 Å². The van der Waals surface area contributed by atoms with Crippen molar-refractivity contribution in [1.82, 2.24) is 29.9 Å². The second-order valence-corrected chi connectivity index (χ2v) is 7.39. The lowest BCUT2D eigenvalue weighted by molar-refractivity contribution is 0.202. The summed E-state index contributed by atoms with van der Waals surface area (Å²) < 4.78 is 7.18. The number of rotatable bonds is 7. The van der Waals surface area contributed by atoms with E-state index in [0.29, 0.717) is 13.2 Å². The SMILES string of the molecule is COCCNC(=NCc1nnc(C)n1C)N1CCC(CN2CCCC2)C1.I. The molecule has 2 aliphatic rings. The smallest absolute Gasteiger partial charge is 0.194 e. The number of aromatic nitrogens is 3. The number of halogens is 1. The minimum atomic E-state index is 0. The van der Waals surface area contributed by atoms with E-state index >= 15 is 0 Å². The highest BCUT2D eigenvalue weighted by atomic mass is 127. The van der Waals surface area contributed by atoms with Crippen LogP contribution in [0.1, 0.15) is 30.9 Å². The molecular formula is C18H34IN7O. The van der Waals surface area contributed by atoms with E-state index in [1.165, 1.54) is 38.9 Å². The second kappa shape index (κ2) is 11.2. The first-order chi connectivity index (χ1) is 12.7. The molecule has 0 spiro atoms. The Balaban J connectivity index is 0.00000261. The van der Waals surface area contributed by atoms with E-state index in [0.717, 1.165) is 43.2 Å². The monoisotopic (exact) mass is 491 g/mol. The molecule has 3 heterocycles. The van der Waals surface area contributed by atoms with Gasteiger partial charge in [0, 0.05) is 40.3 Å². The molecule has 9 heteroatoms. The first kappa shape index (κ1) is 22.4. The Morgan fingerprint density at radius 3 is 2.70 bits per heavy atom. The molecule has 0 bridgehead atoms. The van der Waals surface area contributed by atoms with Crippen molar-refractivity contribution < 1.29 is 4.74 Å². The van der Waals surface area contributed by atoms with E-state index in [9.17, 15) is 0 Å². The van der Waals surface area contributed by atoms with Crippen LogP contribution in [-0.4, -0.2) is 83.5 Å². The van der Waals surface area contributed by atoms with E-state index in [1.54, 1.807) is 7.11 Å². The highest BCUT2D eigenvalue weighted by Gasteiger charge is 2.27. The van der Waals surface area contributed by atoms with Crippen molar-refractivity contribution in [3.05, 3.63) is 11.6 Å². The number of aryl methyl sites for hydroxylation is 1. The van der Waals surface area contributed by atoms with Crippen LogP contribution in [0.4, 0.5) is 0 Å². The molecule has 1 aromatic rings. The highest BCUT2D eigenvalue weighted by Crippen LogP contribution is 2.20. The van der Waals surface area contributed by atoms with Gasteiger partial charge in [-0.1, -0.05) is 0 Å². The Kier molecular flexibility index (Phi) is 9.24. The number of aliphatic imine (C=N–C) groups is 1. The summed E-state index contributed by atoms with van der Waals surface area (Å²) in [6.07, 6.45) is 3.96. The van der Waals surface area contributed by atoms with E-state index in [4.69, 9.17) is 9.73 Å². The quantitative estimate of drug-likeness (QED) is 0.268. The van der Waals surface area contributed by atoms with Gasteiger partial charge in [0.2, 0.25) is 0 Å². The maximum absolute atomic E-state index is 5.18. The number of hydrogen-bond donors (Lipinski definition) is 1. The first-order valence-electron chi connectivity index (χ1n) is 9.76. The van der Waals surface area contributed by atoms with Gasteiger partial charge in [-0.05, 0) is 45.2 Å². The number of nitrogens with one attached hydrogen (secondary N) is 1. The topological polar surface area (TPSA) is 70.8 Å². The lowest BCUT2D eigenvalue weighted by Crippen LogP contribution is -2.42. The number of nitrogens with zero attached hydrogens (tertiary/aromatic N) is 6. The van der Waals surface area contributed by atoms with Gasteiger partial charge in [0.15, 0.2) is 11.8 Å². The molecule has 2 saturated heterocycles. The molecule has 154 valence electrons.